The van der Waals surface area contributed by atoms with Crippen LogP contribution in [0.15, 0.2) is 49.0 Å². The summed E-state index contributed by atoms with van der Waals surface area (Å²) in [7, 11) is 0. The highest BCUT2D eigenvalue weighted by molar-refractivity contribution is 7.18. The summed E-state index contributed by atoms with van der Waals surface area (Å²) >= 11 is 1.57. The molecule has 1 unspecified atom stereocenters. The molecule has 9 rings (SSSR count). The summed E-state index contributed by atoms with van der Waals surface area (Å²) in [4.78, 5) is 59.9. The van der Waals surface area contributed by atoms with Crippen molar-refractivity contribution in [3.63, 3.8) is 0 Å². The van der Waals surface area contributed by atoms with Crippen LogP contribution in [0.3, 0.4) is 0 Å². The van der Waals surface area contributed by atoms with E-state index in [2.05, 4.69) is 37.6 Å². The Hall–Kier alpha value is -5.26. The maximum absolute atomic E-state index is 13.6. The van der Waals surface area contributed by atoms with Crippen LogP contribution in [0.5, 0.6) is 0 Å². The van der Waals surface area contributed by atoms with Gasteiger partial charge in [-0.15, -0.1) is 21.5 Å². The molecule has 4 fully saturated rings. The summed E-state index contributed by atoms with van der Waals surface area (Å²) in [5.74, 6) is -0.198. The van der Waals surface area contributed by atoms with Crippen molar-refractivity contribution in [3.8, 4) is 0 Å². The maximum Gasteiger partial charge on any atom is 0.435 e. The van der Waals surface area contributed by atoms with Gasteiger partial charge in [-0.1, -0.05) is 18.7 Å². The number of rotatable bonds is 11. The Labute approximate surface area is 360 Å². The monoisotopic (exact) mass is 870 g/mol. The molecule has 62 heavy (non-hydrogen) atoms. The zero-order valence-electron chi connectivity index (χ0n) is 34.6. The summed E-state index contributed by atoms with van der Waals surface area (Å²) in [5, 5.41) is 27.2. The van der Waals surface area contributed by atoms with Crippen molar-refractivity contribution in [1.82, 2.24) is 30.3 Å². The number of anilines is 2. The lowest BCUT2D eigenvalue weighted by Crippen LogP contribution is -2.63. The first-order valence-electron chi connectivity index (χ1n) is 21.3. The minimum Gasteiger partial charge on any atom is -0.386 e. The average molecular weight is 871 g/mol. The van der Waals surface area contributed by atoms with E-state index in [0.29, 0.717) is 57.3 Å². The van der Waals surface area contributed by atoms with E-state index in [-0.39, 0.29) is 30.3 Å². The minimum atomic E-state index is -4.67. The van der Waals surface area contributed by atoms with Gasteiger partial charge in [0, 0.05) is 66.7 Å². The Bertz CT molecular complexity index is 2460. The van der Waals surface area contributed by atoms with Crippen molar-refractivity contribution >= 4 is 62.3 Å². The fourth-order valence-corrected chi connectivity index (χ4v) is 11.6. The van der Waals surface area contributed by atoms with Gasteiger partial charge < -0.3 is 20.6 Å². The largest absolute Gasteiger partial charge is 0.435 e. The highest BCUT2D eigenvalue weighted by atomic mass is 32.1. The number of aromatic nitrogens is 3. The van der Waals surface area contributed by atoms with Crippen LogP contribution >= 0.6 is 11.3 Å². The first-order valence-corrected chi connectivity index (χ1v) is 22.1. The number of halogens is 3. The quantitative estimate of drug-likeness (QED) is 0.112. The highest BCUT2D eigenvalue weighted by Gasteiger charge is 2.52. The molecule has 13 nitrogen and oxygen atoms in total. The summed E-state index contributed by atoms with van der Waals surface area (Å²) in [5.41, 5.74) is 1.58. The summed E-state index contributed by atoms with van der Waals surface area (Å²) in [6.07, 6.45) is 3.54. The molecule has 2 aromatic carbocycles. The molecule has 5 aliphatic rings. The van der Waals surface area contributed by atoms with Gasteiger partial charge in [0.05, 0.1) is 26.4 Å². The van der Waals surface area contributed by atoms with Gasteiger partial charge in [0.25, 0.3) is 11.8 Å². The number of carbonyl (C=O) groups excluding carboxylic acids is 4. The van der Waals surface area contributed by atoms with E-state index in [4.69, 9.17) is 4.98 Å². The molecule has 4 amide bonds. The number of alkyl halides is 3. The Morgan fingerprint density at radius 1 is 1.00 bits per heavy atom. The molecule has 2 aliphatic carbocycles. The van der Waals surface area contributed by atoms with Crippen molar-refractivity contribution in [2.75, 3.05) is 36.8 Å². The standard InChI is InChI=1S/C45H49F3N8O5S/c1-24-28-5-4-6-30(38(28)42(60)56(24)34-12-14-37(57)52-40(34)59)49-16-15-26-19-44(20-26)22-55(23-44)21-25-7-9-27(10-8-25)41-51-33-17-29(43(2,3)61)32(18-35(33)62-41)50-39(58)31-11-13-36(54-53-31)45(46,47)48/h4-6,11,13,17-18,25-27,34,49,61H,1,7-10,12,14-16,19-23H2,2-3H3,(H,50,58)(H,52,57,59)/t25-,27-,34?. The molecule has 4 aromatic rings. The molecule has 1 atom stereocenters. The van der Waals surface area contributed by atoms with Crippen molar-refractivity contribution in [3.05, 3.63) is 82.1 Å². The maximum atomic E-state index is 13.6. The minimum absolute atomic E-state index is 0.187. The molecule has 0 radical (unpaired) electrons. The van der Waals surface area contributed by atoms with Crippen LogP contribution in [-0.4, -0.2) is 85.9 Å². The second kappa shape index (κ2) is 15.8. The molecule has 5 heterocycles. The van der Waals surface area contributed by atoms with Crippen molar-refractivity contribution in [2.24, 2.45) is 17.3 Å². The third-order valence-electron chi connectivity index (χ3n) is 13.4. The van der Waals surface area contributed by atoms with Gasteiger partial charge in [0.2, 0.25) is 11.8 Å². The molecule has 17 heteroatoms. The van der Waals surface area contributed by atoms with Gasteiger partial charge in [-0.3, -0.25) is 29.4 Å². The van der Waals surface area contributed by atoms with Gasteiger partial charge in [-0.25, -0.2) is 4.98 Å². The van der Waals surface area contributed by atoms with Crippen LogP contribution in [0, 0.1) is 17.3 Å². The number of amides is 4. The molecule has 1 spiro atoms. The first kappa shape index (κ1) is 42.1. The van der Waals surface area contributed by atoms with E-state index in [1.54, 1.807) is 37.3 Å². The lowest BCUT2D eigenvalue weighted by atomic mass is 9.57. The molecule has 4 N–H and O–H groups in total. The zero-order valence-corrected chi connectivity index (χ0v) is 35.4. The van der Waals surface area contributed by atoms with E-state index in [1.807, 2.05) is 18.2 Å². The number of benzene rings is 2. The van der Waals surface area contributed by atoms with Crippen molar-refractivity contribution < 1.29 is 37.5 Å². The van der Waals surface area contributed by atoms with E-state index in [0.717, 1.165) is 85.3 Å². The lowest BCUT2D eigenvalue weighted by Gasteiger charge is -2.60. The third kappa shape index (κ3) is 8.10. The van der Waals surface area contributed by atoms with Crippen LogP contribution in [-0.2, 0) is 21.4 Å². The van der Waals surface area contributed by atoms with Gasteiger partial charge in [0.1, 0.15) is 6.04 Å². The Balaban J connectivity index is 0.731. The number of hydrogen-bond acceptors (Lipinski definition) is 11. The van der Waals surface area contributed by atoms with Gasteiger partial charge in [-0.05, 0) is 113 Å². The average Bonchev–Trinajstić information content (AvgIpc) is 3.73. The first-order chi connectivity index (χ1) is 29.4. The fourth-order valence-electron chi connectivity index (χ4n) is 10.4. The number of thiazole rings is 1. The van der Waals surface area contributed by atoms with Crippen LogP contribution in [0.4, 0.5) is 24.5 Å². The molecule has 2 saturated heterocycles. The molecule has 326 valence electrons. The molecule has 2 aromatic heterocycles. The number of hydrogen-bond donors (Lipinski definition) is 4. The van der Waals surface area contributed by atoms with Gasteiger partial charge in [-0.2, -0.15) is 13.2 Å². The van der Waals surface area contributed by atoms with Crippen LogP contribution in [0.1, 0.15) is 120 Å². The van der Waals surface area contributed by atoms with Gasteiger partial charge in [0.15, 0.2) is 11.4 Å². The fraction of sp³-hybridized carbons (Fsp3) is 0.489. The highest BCUT2D eigenvalue weighted by Crippen LogP contribution is 2.54. The van der Waals surface area contributed by atoms with Gasteiger partial charge >= 0.3 is 6.18 Å². The predicted octanol–water partition coefficient (Wildman–Crippen LogP) is 7.30. The smallest absolute Gasteiger partial charge is 0.386 e. The zero-order chi connectivity index (χ0) is 43.7. The number of nitrogens with one attached hydrogen (secondary N) is 3. The molecular weight excluding hydrogens is 822 g/mol. The second-order valence-electron chi connectivity index (χ2n) is 18.4. The Kier molecular flexibility index (Phi) is 10.7. The molecule has 3 aliphatic heterocycles. The SMILES string of the molecule is C=C1c2cccc(NCCC3CC4(C3)CN(C[C@H]3CC[C@H](c5nc6cc(C(C)(C)O)c(NC(=O)c7ccc(C(F)(F)F)nn7)cc6s5)CC3)C4)c2C(=O)N1C1CCC(=O)NC1=O. The van der Waals surface area contributed by atoms with E-state index in [9.17, 15) is 37.5 Å². The topological polar surface area (TPSA) is 170 Å². The van der Waals surface area contributed by atoms with E-state index < -0.39 is 35.3 Å². The second-order valence-corrected chi connectivity index (χ2v) is 19.5. The van der Waals surface area contributed by atoms with Crippen LogP contribution < -0.4 is 16.0 Å². The van der Waals surface area contributed by atoms with Crippen molar-refractivity contribution in [2.45, 2.75) is 95.4 Å². The van der Waals surface area contributed by atoms with Crippen molar-refractivity contribution in [1.29, 1.82) is 0 Å². The summed E-state index contributed by atoms with van der Waals surface area (Å²) in [6.45, 7) is 11.5. The normalized spacial score (nSPS) is 23.0. The van der Waals surface area contributed by atoms with E-state index in [1.165, 1.54) is 17.7 Å². The lowest BCUT2D eigenvalue weighted by molar-refractivity contribution is -0.142. The number of carbonyl (C=O) groups is 4. The summed E-state index contributed by atoms with van der Waals surface area (Å²) < 4.78 is 39.7. The van der Waals surface area contributed by atoms with Crippen LogP contribution in [0.25, 0.3) is 15.9 Å². The Morgan fingerprint density at radius 3 is 2.44 bits per heavy atom. The number of likely N-dealkylation sites (tertiary alicyclic amines) is 1. The number of imide groups is 1. The molecular formula is C45H49F3N8O5S. The summed E-state index contributed by atoms with van der Waals surface area (Å²) in [6, 6.07) is 10.1. The van der Waals surface area contributed by atoms with Crippen LogP contribution in [0.2, 0.25) is 0 Å². The third-order valence-corrected chi connectivity index (χ3v) is 14.6. The van der Waals surface area contributed by atoms with E-state index >= 15 is 0 Å². The number of aliphatic hydroxyl groups is 1. The molecule has 0 bridgehead atoms. The predicted molar refractivity (Wildman–Crippen MR) is 227 cm³/mol. The number of piperidine rings is 1. The Morgan fingerprint density at radius 2 is 1.76 bits per heavy atom. The molecule has 2 saturated carbocycles. The number of nitrogens with zero attached hydrogens (tertiary/aromatic N) is 5. The number of fused-ring (bicyclic) bond motifs is 2.